The average Bonchev–Trinajstić information content (AvgIpc) is 2.74. The first-order valence-corrected chi connectivity index (χ1v) is 7.96. The highest BCUT2D eigenvalue weighted by molar-refractivity contribution is 9.10. The van der Waals surface area contributed by atoms with Crippen LogP contribution >= 0.6 is 39.3 Å². The summed E-state index contributed by atoms with van der Waals surface area (Å²) in [5.74, 6) is 0.642. The molecule has 0 bridgehead atoms. The molecule has 0 aromatic heterocycles. The van der Waals surface area contributed by atoms with Crippen LogP contribution in [0, 0.1) is 12.8 Å². The van der Waals surface area contributed by atoms with E-state index in [0.717, 1.165) is 32.5 Å². The molecule has 5 heteroatoms. The third-order valence-electron chi connectivity index (χ3n) is 2.91. The van der Waals surface area contributed by atoms with E-state index in [0.29, 0.717) is 11.2 Å². The normalized spacial score (nSPS) is 19.2. The molecule has 1 atom stereocenters. The minimum Gasteiger partial charge on any atom is -0.334 e. The number of halogens is 2. The first kappa shape index (κ1) is 14.2. The Morgan fingerprint density at radius 1 is 1.50 bits per heavy atom. The highest BCUT2D eigenvalue weighted by atomic mass is 79.9. The quantitative estimate of drug-likeness (QED) is 0.818. The first-order valence-electron chi connectivity index (χ1n) is 5.91. The van der Waals surface area contributed by atoms with Crippen molar-refractivity contribution in [2.24, 2.45) is 10.9 Å². The molecule has 2 nitrogen and oxygen atoms in total. The minimum absolute atomic E-state index is 0.576. The molecule has 0 radical (unpaired) electrons. The van der Waals surface area contributed by atoms with Gasteiger partial charge in [0.25, 0.3) is 0 Å². The molecular formula is C13H16BrClN2S. The molecule has 2 rings (SSSR count). The largest absolute Gasteiger partial charge is 0.334 e. The third-order valence-corrected chi connectivity index (χ3v) is 5.43. The number of nitrogens with zero attached hydrogens (tertiary/aromatic N) is 1. The Morgan fingerprint density at radius 2 is 2.22 bits per heavy atom. The van der Waals surface area contributed by atoms with Crippen LogP contribution in [0.1, 0.15) is 19.4 Å². The van der Waals surface area contributed by atoms with E-state index in [4.69, 9.17) is 11.6 Å². The first-order chi connectivity index (χ1) is 8.47. The summed E-state index contributed by atoms with van der Waals surface area (Å²) >= 11 is 11.5. The van der Waals surface area contributed by atoms with Crippen LogP contribution in [0.2, 0.25) is 5.02 Å². The molecule has 0 saturated carbocycles. The molecule has 1 heterocycles. The monoisotopic (exact) mass is 346 g/mol. The number of rotatable bonds is 2. The van der Waals surface area contributed by atoms with Crippen LogP contribution in [0.25, 0.3) is 0 Å². The summed E-state index contributed by atoms with van der Waals surface area (Å²) in [6, 6.07) is 3.96. The number of amidine groups is 1. The van der Waals surface area contributed by atoms with Gasteiger partial charge in [-0.25, -0.2) is 0 Å². The molecule has 18 heavy (non-hydrogen) atoms. The molecule has 1 aromatic carbocycles. The fourth-order valence-corrected chi connectivity index (χ4v) is 3.41. The van der Waals surface area contributed by atoms with Gasteiger partial charge in [-0.2, -0.15) is 0 Å². The molecule has 1 unspecified atom stereocenters. The summed E-state index contributed by atoms with van der Waals surface area (Å²) in [4.78, 5) is 4.53. The van der Waals surface area contributed by atoms with Crippen molar-refractivity contribution in [2.45, 2.75) is 26.0 Å². The number of anilines is 1. The number of nitrogens with one attached hydrogen (secondary N) is 1. The summed E-state index contributed by atoms with van der Waals surface area (Å²) in [7, 11) is 0. The van der Waals surface area contributed by atoms with Gasteiger partial charge < -0.3 is 5.32 Å². The van der Waals surface area contributed by atoms with Crippen molar-refractivity contribution < 1.29 is 0 Å². The van der Waals surface area contributed by atoms with Crippen molar-refractivity contribution in [3.05, 3.63) is 27.2 Å². The van der Waals surface area contributed by atoms with Gasteiger partial charge in [-0.05, 0) is 46.5 Å². The average molecular weight is 348 g/mol. The minimum atomic E-state index is 0.576. The Labute approximate surface area is 126 Å². The third kappa shape index (κ3) is 3.22. The van der Waals surface area contributed by atoms with Crippen LogP contribution in [0.3, 0.4) is 0 Å². The van der Waals surface area contributed by atoms with Gasteiger partial charge in [-0.1, -0.05) is 37.2 Å². The molecule has 1 aliphatic heterocycles. The SMILES string of the molecule is Cc1cc(Br)c(NC2=NCC(C(C)C)S2)cc1Cl. The van der Waals surface area contributed by atoms with Crippen molar-refractivity contribution >= 4 is 50.1 Å². The van der Waals surface area contributed by atoms with Crippen molar-refractivity contribution in [1.82, 2.24) is 0 Å². The maximum Gasteiger partial charge on any atom is 0.161 e. The number of aliphatic imine (C=N–C) groups is 1. The molecule has 0 fully saturated rings. The van der Waals surface area contributed by atoms with Gasteiger partial charge in [0.1, 0.15) is 0 Å². The second-order valence-corrected chi connectivity index (χ2v) is 7.24. The Hall–Kier alpha value is -0.190. The van der Waals surface area contributed by atoms with Crippen LogP contribution in [0.5, 0.6) is 0 Å². The van der Waals surface area contributed by atoms with Crippen molar-refractivity contribution in [2.75, 3.05) is 11.9 Å². The summed E-state index contributed by atoms with van der Waals surface area (Å²) < 4.78 is 1.01. The van der Waals surface area contributed by atoms with E-state index in [1.807, 2.05) is 30.8 Å². The molecule has 1 aromatic rings. The molecule has 1 N–H and O–H groups in total. The topological polar surface area (TPSA) is 24.4 Å². The summed E-state index contributed by atoms with van der Waals surface area (Å²) in [6.45, 7) is 7.35. The number of hydrogen-bond acceptors (Lipinski definition) is 3. The standard InChI is InChI=1S/C13H16BrClN2S/c1-7(2)12-6-16-13(18-12)17-11-5-10(15)8(3)4-9(11)14/h4-5,7,12H,6H2,1-3H3,(H,16,17). The molecule has 1 aliphatic rings. The van der Waals surface area contributed by atoms with Gasteiger partial charge in [0.15, 0.2) is 5.17 Å². The summed E-state index contributed by atoms with van der Waals surface area (Å²) in [6.07, 6.45) is 0. The highest BCUT2D eigenvalue weighted by Crippen LogP contribution is 2.32. The van der Waals surface area contributed by atoms with Gasteiger partial charge in [-0.3, -0.25) is 4.99 Å². The maximum absolute atomic E-state index is 6.14. The van der Waals surface area contributed by atoms with Gasteiger partial charge in [0.05, 0.1) is 12.2 Å². The molecule has 98 valence electrons. The van der Waals surface area contributed by atoms with Gasteiger partial charge in [0.2, 0.25) is 0 Å². The molecular weight excluding hydrogens is 332 g/mol. The second kappa shape index (κ2) is 5.85. The van der Waals surface area contributed by atoms with E-state index in [2.05, 4.69) is 40.1 Å². The lowest BCUT2D eigenvalue weighted by Gasteiger charge is -2.13. The zero-order valence-electron chi connectivity index (χ0n) is 10.6. The predicted molar refractivity (Wildman–Crippen MR) is 86.0 cm³/mol. The van der Waals surface area contributed by atoms with E-state index in [9.17, 15) is 0 Å². The van der Waals surface area contributed by atoms with Crippen LogP contribution in [0.4, 0.5) is 5.69 Å². The molecule has 0 aliphatic carbocycles. The molecule has 0 saturated heterocycles. The predicted octanol–water partition coefficient (Wildman–Crippen LogP) is 4.95. The smallest absolute Gasteiger partial charge is 0.161 e. The zero-order chi connectivity index (χ0) is 13.3. The molecule has 0 amide bonds. The summed E-state index contributed by atoms with van der Waals surface area (Å²) in [5.41, 5.74) is 2.04. The van der Waals surface area contributed by atoms with Crippen molar-refractivity contribution in [1.29, 1.82) is 0 Å². The van der Waals surface area contributed by atoms with Crippen molar-refractivity contribution in [3.8, 4) is 0 Å². The Kier molecular flexibility index (Phi) is 4.62. The van der Waals surface area contributed by atoms with E-state index in [1.54, 1.807) is 0 Å². The number of benzene rings is 1. The Balaban J connectivity index is 2.09. The van der Waals surface area contributed by atoms with E-state index < -0.39 is 0 Å². The lowest BCUT2D eigenvalue weighted by Crippen LogP contribution is -2.13. The number of hydrogen-bond donors (Lipinski definition) is 1. The van der Waals surface area contributed by atoms with E-state index in [1.165, 1.54) is 0 Å². The maximum atomic E-state index is 6.14. The fourth-order valence-electron chi connectivity index (χ4n) is 1.66. The van der Waals surface area contributed by atoms with Gasteiger partial charge >= 0.3 is 0 Å². The van der Waals surface area contributed by atoms with E-state index >= 15 is 0 Å². The van der Waals surface area contributed by atoms with E-state index in [-0.39, 0.29) is 0 Å². The van der Waals surface area contributed by atoms with Crippen LogP contribution in [-0.2, 0) is 0 Å². The Bertz CT molecular complexity index is 488. The number of aryl methyl sites for hydroxylation is 1. The van der Waals surface area contributed by atoms with Gasteiger partial charge in [0, 0.05) is 14.7 Å². The fraction of sp³-hybridized carbons (Fsp3) is 0.462. The van der Waals surface area contributed by atoms with Crippen molar-refractivity contribution in [3.63, 3.8) is 0 Å². The lowest BCUT2D eigenvalue weighted by molar-refractivity contribution is 0.621. The number of thioether (sulfide) groups is 1. The van der Waals surface area contributed by atoms with Gasteiger partial charge in [-0.15, -0.1) is 0 Å². The van der Waals surface area contributed by atoms with Crippen LogP contribution in [-0.4, -0.2) is 17.0 Å². The molecule has 0 spiro atoms. The Morgan fingerprint density at radius 3 is 2.83 bits per heavy atom. The highest BCUT2D eigenvalue weighted by Gasteiger charge is 2.22. The van der Waals surface area contributed by atoms with Crippen LogP contribution in [0.15, 0.2) is 21.6 Å². The summed E-state index contributed by atoms with van der Waals surface area (Å²) in [5, 5.41) is 5.67. The second-order valence-electron chi connectivity index (χ2n) is 4.75. The zero-order valence-corrected chi connectivity index (χ0v) is 13.8. The lowest BCUT2D eigenvalue weighted by atomic mass is 10.1. The van der Waals surface area contributed by atoms with Crippen LogP contribution < -0.4 is 5.32 Å².